The van der Waals surface area contributed by atoms with Gasteiger partial charge in [0, 0.05) is 68.2 Å². The number of hydrogen-bond donors (Lipinski definition) is 3. The number of carbonyl (C=O) groups excluding carboxylic acids is 5. The molecule has 62 heavy (non-hydrogen) atoms. The maximum Gasteiger partial charge on any atom is 0.421 e. The Labute approximate surface area is 355 Å². The summed E-state index contributed by atoms with van der Waals surface area (Å²) in [4.78, 5) is 78.6. The molecule has 1 atom stereocenters. The first-order chi connectivity index (χ1) is 29.7. The number of likely N-dealkylation sites (tertiary alicyclic amines) is 1. The smallest absolute Gasteiger partial charge is 0.421 e. The number of nitrogens with zero attached hydrogens (tertiary/aromatic N) is 6. The molecule has 5 heterocycles. The molecule has 0 bridgehead atoms. The molecule has 3 fully saturated rings. The van der Waals surface area contributed by atoms with E-state index in [-0.39, 0.29) is 53.0 Å². The number of alkyl halides is 3. The summed E-state index contributed by atoms with van der Waals surface area (Å²) in [5, 5.41) is 7.98. The van der Waals surface area contributed by atoms with E-state index < -0.39 is 29.5 Å². The second-order valence-electron chi connectivity index (χ2n) is 15.9. The van der Waals surface area contributed by atoms with Crippen molar-refractivity contribution in [3.05, 3.63) is 94.7 Å². The van der Waals surface area contributed by atoms with Gasteiger partial charge < -0.3 is 30.1 Å². The van der Waals surface area contributed by atoms with Crippen molar-refractivity contribution in [2.75, 3.05) is 68.5 Å². The molecule has 324 valence electrons. The number of piperidine rings is 2. The van der Waals surface area contributed by atoms with Gasteiger partial charge in [0.15, 0.2) is 5.78 Å². The van der Waals surface area contributed by atoms with Crippen LogP contribution in [-0.4, -0.2) is 113 Å². The van der Waals surface area contributed by atoms with Crippen molar-refractivity contribution in [1.82, 2.24) is 30.0 Å². The summed E-state index contributed by atoms with van der Waals surface area (Å²) >= 11 is 0. The van der Waals surface area contributed by atoms with Crippen LogP contribution < -0.4 is 25.6 Å². The SMILES string of the molecule is COc1cc(N2CCN(C(=O)CN3CCC(c4ccc5c(c4)CN(C4CCC(=O)NC4=O)C5=O)CC3)CC2)ccc1Nc1ncc(C(F)(F)F)c(Nc2ccccc2C(C)=O)n1. The molecule has 0 aliphatic carbocycles. The molecule has 18 heteroatoms. The van der Waals surface area contributed by atoms with Crippen molar-refractivity contribution >= 4 is 58.2 Å². The summed E-state index contributed by atoms with van der Waals surface area (Å²) in [6.07, 6.45) is -1.81. The molecule has 4 amide bonds. The fourth-order valence-electron chi connectivity index (χ4n) is 8.65. The Morgan fingerprint density at radius 3 is 2.37 bits per heavy atom. The van der Waals surface area contributed by atoms with Gasteiger partial charge in [-0.15, -0.1) is 0 Å². The molecule has 0 radical (unpaired) electrons. The first kappa shape index (κ1) is 42.1. The van der Waals surface area contributed by atoms with E-state index in [1.807, 2.05) is 29.2 Å². The highest BCUT2D eigenvalue weighted by Crippen LogP contribution is 2.38. The molecular weight excluding hydrogens is 808 g/mol. The van der Waals surface area contributed by atoms with Gasteiger partial charge in [-0.25, -0.2) is 4.98 Å². The molecule has 4 aliphatic heterocycles. The minimum atomic E-state index is -4.76. The van der Waals surface area contributed by atoms with Crippen LogP contribution in [0.2, 0.25) is 0 Å². The number of Topliss-reactive ketones (excluding diaryl/α,β-unsaturated/α-hetero) is 1. The lowest BCUT2D eigenvalue weighted by Gasteiger charge is -2.38. The van der Waals surface area contributed by atoms with E-state index in [0.717, 1.165) is 42.7 Å². The zero-order valence-corrected chi connectivity index (χ0v) is 34.3. The van der Waals surface area contributed by atoms with E-state index >= 15 is 0 Å². The largest absolute Gasteiger partial charge is 0.494 e. The highest BCUT2D eigenvalue weighted by Gasteiger charge is 2.40. The van der Waals surface area contributed by atoms with Crippen LogP contribution in [-0.2, 0) is 27.1 Å². The molecule has 3 N–H and O–H groups in total. The Kier molecular flexibility index (Phi) is 11.8. The van der Waals surface area contributed by atoms with E-state index in [2.05, 4.69) is 41.8 Å². The Morgan fingerprint density at radius 2 is 1.66 bits per heavy atom. The van der Waals surface area contributed by atoms with Crippen molar-refractivity contribution in [2.45, 2.75) is 57.3 Å². The molecule has 15 nitrogen and oxygen atoms in total. The van der Waals surface area contributed by atoms with Crippen LogP contribution in [0.3, 0.4) is 0 Å². The number of benzene rings is 3. The van der Waals surface area contributed by atoms with E-state index in [0.29, 0.717) is 68.9 Å². The lowest BCUT2D eigenvalue weighted by atomic mass is 9.88. The number of piperazine rings is 1. The van der Waals surface area contributed by atoms with Gasteiger partial charge in [0.25, 0.3) is 5.91 Å². The Bertz CT molecular complexity index is 2410. The number of fused-ring (bicyclic) bond motifs is 1. The number of imide groups is 1. The van der Waals surface area contributed by atoms with E-state index in [1.165, 1.54) is 26.2 Å². The van der Waals surface area contributed by atoms with Gasteiger partial charge in [0.2, 0.25) is 23.7 Å². The predicted molar refractivity (Wildman–Crippen MR) is 223 cm³/mol. The molecule has 1 unspecified atom stereocenters. The zero-order valence-electron chi connectivity index (χ0n) is 34.3. The van der Waals surface area contributed by atoms with Gasteiger partial charge in [0.05, 0.1) is 25.0 Å². The zero-order chi connectivity index (χ0) is 43.7. The highest BCUT2D eigenvalue weighted by atomic mass is 19.4. The van der Waals surface area contributed by atoms with Crippen LogP contribution in [0.5, 0.6) is 5.75 Å². The maximum absolute atomic E-state index is 14.0. The minimum Gasteiger partial charge on any atom is -0.494 e. The standard InChI is InChI=1S/C44H46F3N9O6/c1-26(57)31-5-3-4-6-34(31)49-40-33(44(45,46)47)23-48-43(52-40)50-35-10-8-30(22-37(35)62-2)54-17-19-55(20-18-54)39(59)25-53-15-13-27(14-16-53)28-7-9-32-29(21-28)24-56(42(32)61)36-11-12-38(58)51-41(36)60/h3-10,21-23,27,36H,11-20,24-25H2,1-2H3,(H,51,58,60)(H2,48,49,50,52). The average Bonchev–Trinajstić information content (AvgIpc) is 3.58. The van der Waals surface area contributed by atoms with Crippen molar-refractivity contribution in [3.8, 4) is 5.75 Å². The number of carbonyl (C=O) groups is 5. The normalized spacial score (nSPS) is 18.7. The highest BCUT2D eigenvalue weighted by molar-refractivity contribution is 6.05. The van der Waals surface area contributed by atoms with Gasteiger partial charge >= 0.3 is 6.18 Å². The van der Waals surface area contributed by atoms with Gasteiger partial charge in [-0.05, 0) is 86.7 Å². The van der Waals surface area contributed by atoms with Crippen molar-refractivity contribution < 1.29 is 41.9 Å². The number of ketones is 1. The molecule has 4 aliphatic rings. The number of anilines is 5. The molecule has 3 saturated heterocycles. The van der Waals surface area contributed by atoms with Crippen LogP contribution in [0, 0.1) is 0 Å². The molecule has 8 rings (SSSR count). The van der Waals surface area contributed by atoms with E-state index in [9.17, 15) is 37.1 Å². The van der Waals surface area contributed by atoms with Crippen LogP contribution in [0.25, 0.3) is 0 Å². The third-order valence-corrected chi connectivity index (χ3v) is 12.0. The fraction of sp³-hybridized carbons (Fsp3) is 0.386. The Balaban J connectivity index is 0.834. The monoisotopic (exact) mass is 853 g/mol. The first-order valence-corrected chi connectivity index (χ1v) is 20.5. The molecule has 0 spiro atoms. The third kappa shape index (κ3) is 8.91. The van der Waals surface area contributed by atoms with Crippen LogP contribution >= 0.6 is 0 Å². The lowest BCUT2D eigenvalue weighted by molar-refractivity contribution is -0.138. The number of amides is 4. The number of methoxy groups -OCH3 is 1. The van der Waals surface area contributed by atoms with Crippen LogP contribution in [0.4, 0.5) is 42.0 Å². The topological polar surface area (TPSA) is 169 Å². The molecule has 3 aromatic carbocycles. The maximum atomic E-state index is 14.0. The quantitative estimate of drug-likeness (QED) is 0.129. The molecule has 0 saturated carbocycles. The summed E-state index contributed by atoms with van der Waals surface area (Å²) in [5.41, 5.74) is 3.20. The third-order valence-electron chi connectivity index (χ3n) is 12.0. The average molecular weight is 854 g/mol. The second kappa shape index (κ2) is 17.4. The van der Waals surface area contributed by atoms with Crippen LogP contribution in [0.1, 0.15) is 75.9 Å². The fourth-order valence-corrected chi connectivity index (χ4v) is 8.65. The van der Waals surface area contributed by atoms with Gasteiger partial charge in [-0.2, -0.15) is 18.2 Å². The number of ether oxygens (including phenoxy) is 1. The lowest BCUT2D eigenvalue weighted by Crippen LogP contribution is -2.52. The van der Waals surface area contributed by atoms with Crippen molar-refractivity contribution in [3.63, 3.8) is 0 Å². The van der Waals surface area contributed by atoms with Crippen LogP contribution in [0.15, 0.2) is 66.9 Å². The summed E-state index contributed by atoms with van der Waals surface area (Å²) < 4.78 is 47.6. The number of rotatable bonds is 11. The molecule has 4 aromatic rings. The van der Waals surface area contributed by atoms with Gasteiger partial charge in [-0.1, -0.05) is 24.3 Å². The van der Waals surface area contributed by atoms with E-state index in [1.54, 1.807) is 23.1 Å². The minimum absolute atomic E-state index is 0.0694. The number of halogens is 3. The van der Waals surface area contributed by atoms with Crippen molar-refractivity contribution in [1.29, 1.82) is 0 Å². The number of hydrogen-bond acceptors (Lipinski definition) is 12. The Hall–Kier alpha value is -6.56. The van der Waals surface area contributed by atoms with Crippen molar-refractivity contribution in [2.24, 2.45) is 0 Å². The Morgan fingerprint density at radius 1 is 0.903 bits per heavy atom. The number of aromatic nitrogens is 2. The number of para-hydroxylation sites is 1. The second-order valence-corrected chi connectivity index (χ2v) is 15.9. The summed E-state index contributed by atoms with van der Waals surface area (Å²) in [7, 11) is 1.48. The van der Waals surface area contributed by atoms with E-state index in [4.69, 9.17) is 4.74 Å². The number of nitrogens with one attached hydrogen (secondary N) is 3. The van der Waals surface area contributed by atoms with Gasteiger partial charge in [0.1, 0.15) is 23.2 Å². The summed E-state index contributed by atoms with van der Waals surface area (Å²) in [6.45, 7) is 5.75. The predicted octanol–water partition coefficient (Wildman–Crippen LogP) is 5.48. The summed E-state index contributed by atoms with van der Waals surface area (Å²) in [5.74, 6) is -1.12. The van der Waals surface area contributed by atoms with Gasteiger partial charge in [-0.3, -0.25) is 34.2 Å². The molecule has 1 aromatic heterocycles. The first-order valence-electron chi connectivity index (χ1n) is 20.5. The summed E-state index contributed by atoms with van der Waals surface area (Å²) in [6, 6.07) is 16.9. The molecular formula is C44H46F3N9O6.